The molecule has 0 spiro atoms. The second kappa shape index (κ2) is 15.1. The molecule has 1 aromatic heterocycles. The average molecular weight is 636 g/mol. The molecule has 0 saturated heterocycles. The summed E-state index contributed by atoms with van der Waals surface area (Å²) >= 11 is 18.9. The van der Waals surface area contributed by atoms with Gasteiger partial charge in [-0.25, -0.2) is 0 Å². The van der Waals surface area contributed by atoms with Gasteiger partial charge in [0.05, 0.1) is 27.3 Å². The average Bonchev–Trinajstić information content (AvgIpc) is 3.79. The van der Waals surface area contributed by atoms with Gasteiger partial charge in [-0.15, -0.1) is 0 Å². The number of aromatic hydroxyl groups is 1. The number of carbonyl (C=O) groups is 1. The van der Waals surface area contributed by atoms with E-state index in [0.29, 0.717) is 70.5 Å². The number of methoxy groups -OCH3 is 1. The number of hydrogen-bond donors (Lipinski definition) is 1. The molecule has 2 aromatic carbocycles. The van der Waals surface area contributed by atoms with Gasteiger partial charge in [0.1, 0.15) is 24.7 Å². The van der Waals surface area contributed by atoms with E-state index in [1.54, 1.807) is 25.4 Å². The zero-order chi connectivity index (χ0) is 30.2. The highest BCUT2D eigenvalue weighted by atomic mass is 35.5. The first kappa shape index (κ1) is 32.2. The summed E-state index contributed by atoms with van der Waals surface area (Å²) in [5, 5.41) is 12.2. The Kier molecular flexibility index (Phi) is 11.6. The standard InChI is InChI=1S/C32H37Cl3N2O5/c1-20-15-26(33)31(27(34)16-20)42-14-13-41-24-10-6-22(7-11-24)17-21(2)32(39)37(23-8-9-23)19-25-28(35)18-36-29(30(25)38)5-4-12-40-3/h6-7,10-11,15-16,18,21,23,38H,4-5,8-9,12-14,17,19H2,1-3H3. The molecule has 3 aromatic rings. The van der Waals surface area contributed by atoms with Crippen molar-refractivity contribution in [1.82, 2.24) is 9.88 Å². The van der Waals surface area contributed by atoms with Crippen molar-refractivity contribution < 1.29 is 24.1 Å². The van der Waals surface area contributed by atoms with Gasteiger partial charge in [-0.05, 0) is 74.4 Å². The summed E-state index contributed by atoms with van der Waals surface area (Å²) in [6.45, 7) is 5.29. The molecule has 0 bridgehead atoms. The van der Waals surface area contributed by atoms with E-state index in [4.69, 9.17) is 49.0 Å². The first-order valence-corrected chi connectivity index (χ1v) is 15.3. The monoisotopic (exact) mass is 634 g/mol. The Morgan fingerprint density at radius 2 is 1.71 bits per heavy atom. The lowest BCUT2D eigenvalue weighted by molar-refractivity contribution is -0.136. The van der Waals surface area contributed by atoms with Crippen LogP contribution in [0.4, 0.5) is 0 Å². The lowest BCUT2D eigenvalue weighted by Crippen LogP contribution is -2.37. The Bertz CT molecular complexity index is 1340. The molecule has 1 saturated carbocycles. The molecule has 1 aliphatic rings. The summed E-state index contributed by atoms with van der Waals surface area (Å²) in [5.74, 6) is 1.00. The van der Waals surface area contributed by atoms with Crippen molar-refractivity contribution in [3.8, 4) is 17.2 Å². The third-order valence-electron chi connectivity index (χ3n) is 7.17. The molecule has 42 heavy (non-hydrogen) atoms. The molecule has 226 valence electrons. The van der Waals surface area contributed by atoms with E-state index in [1.165, 1.54) is 0 Å². The van der Waals surface area contributed by atoms with Gasteiger partial charge in [0.2, 0.25) is 5.91 Å². The van der Waals surface area contributed by atoms with Crippen LogP contribution in [-0.2, 0) is 28.9 Å². The highest BCUT2D eigenvalue weighted by Gasteiger charge is 2.35. The van der Waals surface area contributed by atoms with Crippen molar-refractivity contribution in [3.63, 3.8) is 0 Å². The smallest absolute Gasteiger partial charge is 0.226 e. The quantitative estimate of drug-likeness (QED) is 0.175. The number of nitrogens with zero attached hydrogens (tertiary/aromatic N) is 2. The Hall–Kier alpha value is -2.71. The van der Waals surface area contributed by atoms with Crippen molar-refractivity contribution in [2.24, 2.45) is 5.92 Å². The largest absolute Gasteiger partial charge is 0.506 e. The van der Waals surface area contributed by atoms with Crippen LogP contribution in [-0.4, -0.2) is 53.9 Å². The van der Waals surface area contributed by atoms with Crippen LogP contribution in [0.1, 0.15) is 48.6 Å². The molecule has 1 heterocycles. The molecule has 1 unspecified atom stereocenters. The van der Waals surface area contributed by atoms with Gasteiger partial charge in [-0.3, -0.25) is 9.78 Å². The van der Waals surface area contributed by atoms with Gasteiger partial charge >= 0.3 is 0 Å². The number of benzene rings is 2. The SMILES string of the molecule is COCCCc1ncc(Cl)c(CN(C(=O)C(C)Cc2ccc(OCCOc3c(Cl)cc(C)cc3Cl)cc2)C2CC2)c1O. The normalized spacial score (nSPS) is 13.6. The molecule has 7 nitrogen and oxygen atoms in total. The number of aromatic nitrogens is 1. The van der Waals surface area contributed by atoms with E-state index in [2.05, 4.69) is 4.98 Å². The first-order valence-electron chi connectivity index (χ1n) is 14.1. The second-order valence-corrected chi connectivity index (χ2v) is 11.9. The van der Waals surface area contributed by atoms with Crippen LogP contribution in [0.2, 0.25) is 15.1 Å². The summed E-state index contributed by atoms with van der Waals surface area (Å²) in [6.07, 6.45) is 5.32. The number of amides is 1. The maximum atomic E-state index is 13.6. The topological polar surface area (TPSA) is 81.1 Å². The van der Waals surface area contributed by atoms with Crippen LogP contribution >= 0.6 is 34.8 Å². The summed E-state index contributed by atoms with van der Waals surface area (Å²) in [7, 11) is 1.64. The zero-order valence-electron chi connectivity index (χ0n) is 24.2. The molecule has 1 amide bonds. The number of ether oxygens (including phenoxy) is 3. The fraction of sp³-hybridized carbons (Fsp3) is 0.438. The molecule has 1 fully saturated rings. The number of pyridine rings is 1. The minimum Gasteiger partial charge on any atom is -0.506 e. The fourth-order valence-corrected chi connectivity index (χ4v) is 5.70. The van der Waals surface area contributed by atoms with Crippen LogP contribution in [0.25, 0.3) is 0 Å². The highest BCUT2D eigenvalue weighted by Crippen LogP contribution is 2.36. The van der Waals surface area contributed by atoms with Crippen LogP contribution < -0.4 is 9.47 Å². The van der Waals surface area contributed by atoms with Gasteiger partial charge in [-0.2, -0.15) is 0 Å². The molecule has 1 aliphatic carbocycles. The Morgan fingerprint density at radius 1 is 1.05 bits per heavy atom. The first-order chi connectivity index (χ1) is 20.2. The third-order valence-corrected chi connectivity index (χ3v) is 8.06. The van der Waals surface area contributed by atoms with Crippen molar-refractivity contribution in [1.29, 1.82) is 0 Å². The van der Waals surface area contributed by atoms with E-state index >= 15 is 0 Å². The molecule has 0 aliphatic heterocycles. The van der Waals surface area contributed by atoms with Gasteiger partial charge in [0.15, 0.2) is 5.75 Å². The maximum absolute atomic E-state index is 13.6. The Morgan fingerprint density at radius 3 is 2.36 bits per heavy atom. The van der Waals surface area contributed by atoms with Crippen LogP contribution in [0.3, 0.4) is 0 Å². The van der Waals surface area contributed by atoms with Crippen molar-refractivity contribution >= 4 is 40.7 Å². The van der Waals surface area contributed by atoms with Gasteiger partial charge in [0.25, 0.3) is 0 Å². The Balaban J connectivity index is 1.31. The fourth-order valence-electron chi connectivity index (χ4n) is 4.80. The number of hydrogen-bond acceptors (Lipinski definition) is 6. The minimum atomic E-state index is -0.251. The minimum absolute atomic E-state index is 0.0385. The molecular formula is C32H37Cl3N2O5. The van der Waals surface area contributed by atoms with E-state index in [0.717, 1.165) is 30.4 Å². The van der Waals surface area contributed by atoms with E-state index in [9.17, 15) is 9.90 Å². The van der Waals surface area contributed by atoms with Crippen LogP contribution in [0, 0.1) is 12.8 Å². The van der Waals surface area contributed by atoms with E-state index in [-0.39, 0.29) is 30.2 Å². The van der Waals surface area contributed by atoms with Crippen molar-refractivity contribution in [2.75, 3.05) is 26.9 Å². The summed E-state index contributed by atoms with van der Waals surface area (Å²) in [4.78, 5) is 19.7. The van der Waals surface area contributed by atoms with E-state index < -0.39 is 0 Å². The van der Waals surface area contributed by atoms with Gasteiger partial charge in [-0.1, -0.05) is 53.9 Å². The van der Waals surface area contributed by atoms with Crippen LogP contribution in [0.5, 0.6) is 17.2 Å². The second-order valence-electron chi connectivity index (χ2n) is 10.7. The lowest BCUT2D eigenvalue weighted by Gasteiger charge is -2.27. The maximum Gasteiger partial charge on any atom is 0.226 e. The summed E-state index contributed by atoms with van der Waals surface area (Å²) in [6, 6.07) is 11.5. The predicted octanol–water partition coefficient (Wildman–Crippen LogP) is 7.46. The highest BCUT2D eigenvalue weighted by molar-refractivity contribution is 6.37. The number of carbonyl (C=O) groups excluding carboxylic acids is 1. The molecule has 1 atom stereocenters. The predicted molar refractivity (Wildman–Crippen MR) is 166 cm³/mol. The number of aryl methyl sites for hydroxylation is 2. The van der Waals surface area contributed by atoms with Gasteiger partial charge < -0.3 is 24.2 Å². The molecule has 10 heteroatoms. The zero-order valence-corrected chi connectivity index (χ0v) is 26.4. The third kappa shape index (κ3) is 8.66. The molecule has 1 N–H and O–H groups in total. The molecule has 0 radical (unpaired) electrons. The Labute approximate surface area is 262 Å². The van der Waals surface area contributed by atoms with Crippen molar-refractivity contribution in [3.05, 3.63) is 80.0 Å². The lowest BCUT2D eigenvalue weighted by atomic mass is 9.99. The number of rotatable bonds is 15. The van der Waals surface area contributed by atoms with Crippen LogP contribution in [0.15, 0.2) is 42.6 Å². The number of halogens is 3. The summed E-state index contributed by atoms with van der Waals surface area (Å²) in [5.41, 5.74) is 3.10. The molecule has 4 rings (SSSR count). The van der Waals surface area contributed by atoms with Crippen molar-refractivity contribution in [2.45, 2.75) is 58.5 Å². The van der Waals surface area contributed by atoms with E-state index in [1.807, 2.05) is 43.0 Å². The summed E-state index contributed by atoms with van der Waals surface area (Å²) < 4.78 is 16.6. The van der Waals surface area contributed by atoms with Gasteiger partial charge in [0, 0.05) is 37.4 Å². The molecular weight excluding hydrogens is 599 g/mol.